The van der Waals surface area contributed by atoms with Gasteiger partial charge in [-0.1, -0.05) is 302 Å². The average Bonchev–Trinajstić information content (AvgIpc) is 2.42. The van der Waals surface area contributed by atoms with E-state index in [-0.39, 0.29) is 25.7 Å². The number of unbranched alkanes of at least 4 members (excludes halogenated alkanes) is 42. The number of ether oxygens (including phenoxy) is 4. The van der Waals surface area contributed by atoms with E-state index in [1.165, 1.54) is 161 Å². The van der Waals surface area contributed by atoms with Crippen molar-refractivity contribution in [3.8, 4) is 0 Å². The van der Waals surface area contributed by atoms with Gasteiger partial charge in [0.05, 0.1) is 26.4 Å². The molecule has 0 aromatic rings. The molecule has 17 nitrogen and oxygen atoms in total. The number of hydrogen-bond donors (Lipinski definition) is 3. The second-order valence-corrected chi connectivity index (χ2v) is 28.2. The van der Waals surface area contributed by atoms with E-state index in [0.29, 0.717) is 25.7 Å². The first-order chi connectivity index (χ1) is 44.2. The van der Waals surface area contributed by atoms with Gasteiger partial charge >= 0.3 is 39.5 Å². The lowest BCUT2D eigenvalue weighted by Crippen LogP contribution is -2.30. The standard InChI is InChI=1S/C72H136O17P2/c1-5-9-13-17-21-25-28-31-33-35-37-40-43-47-51-55-59-72(77)89-68(63-83-70(75)57-53-49-45-41-39-36-34-32-29-26-22-18-14-10-6-2)65-87-91(80,81)85-61-66(73)60-84-90(78,79)86-64-67(62-82-69(74)56-52-48-44-24-20-16-12-8-4)88-71(76)58-54-50-46-42-38-30-27-23-19-15-11-7-3/h26,29,32,34,66-68,73H,5-25,27-28,30-31,33,35-65H2,1-4H3,(H,78,79)(H,80,81)/b29-26-,34-32-/t66-,67+,68+/m0/s1. The first-order valence-electron chi connectivity index (χ1n) is 37.1. The van der Waals surface area contributed by atoms with Crippen molar-refractivity contribution in [3.05, 3.63) is 24.3 Å². The number of aliphatic hydroxyl groups excluding tert-OH is 1. The van der Waals surface area contributed by atoms with Gasteiger partial charge in [-0.3, -0.25) is 37.3 Å². The fraction of sp³-hybridized carbons (Fsp3) is 0.889. The summed E-state index contributed by atoms with van der Waals surface area (Å²) in [5.74, 6) is -2.15. The van der Waals surface area contributed by atoms with E-state index in [0.717, 1.165) is 116 Å². The van der Waals surface area contributed by atoms with Gasteiger partial charge in [0.2, 0.25) is 0 Å². The lowest BCUT2D eigenvalue weighted by atomic mass is 10.0. The molecule has 2 unspecified atom stereocenters. The van der Waals surface area contributed by atoms with E-state index < -0.39 is 97.5 Å². The van der Waals surface area contributed by atoms with E-state index in [4.69, 9.17) is 37.0 Å². The van der Waals surface area contributed by atoms with Crippen molar-refractivity contribution in [2.75, 3.05) is 39.6 Å². The number of carbonyl (C=O) groups is 4. The zero-order chi connectivity index (χ0) is 66.8. The molecule has 0 saturated carbocycles. The number of allylic oxidation sites excluding steroid dienone is 4. The highest BCUT2D eigenvalue weighted by Crippen LogP contribution is 2.45. The summed E-state index contributed by atoms with van der Waals surface area (Å²) in [7, 11) is -9.91. The van der Waals surface area contributed by atoms with Crippen LogP contribution in [-0.2, 0) is 65.4 Å². The van der Waals surface area contributed by atoms with Crippen LogP contribution in [-0.4, -0.2) is 96.7 Å². The molecule has 0 spiro atoms. The highest BCUT2D eigenvalue weighted by atomic mass is 31.2. The lowest BCUT2D eigenvalue weighted by molar-refractivity contribution is -0.161. The smallest absolute Gasteiger partial charge is 0.462 e. The Morgan fingerprint density at radius 2 is 0.527 bits per heavy atom. The molecule has 0 radical (unpaired) electrons. The predicted molar refractivity (Wildman–Crippen MR) is 368 cm³/mol. The maximum Gasteiger partial charge on any atom is 0.472 e. The molecule has 3 N–H and O–H groups in total. The SMILES string of the molecule is CCCCCC/C=C\C=C/CCCCCCCC(=O)OC[C@H](COP(=O)(O)OC[C@@H](O)COP(=O)(O)OC[C@@H](COC(=O)CCCCCCCCCC)OC(=O)CCCCCCCCCCCCCC)OC(=O)CCCCCCCCCCCCCCCCCC. The van der Waals surface area contributed by atoms with Gasteiger partial charge in [0.15, 0.2) is 12.2 Å². The molecule has 0 aromatic carbocycles. The van der Waals surface area contributed by atoms with Gasteiger partial charge in [-0.2, -0.15) is 0 Å². The minimum atomic E-state index is -4.96. The summed E-state index contributed by atoms with van der Waals surface area (Å²) in [6, 6.07) is 0. The lowest BCUT2D eigenvalue weighted by Gasteiger charge is -2.21. The van der Waals surface area contributed by atoms with Crippen LogP contribution in [0.4, 0.5) is 0 Å². The predicted octanol–water partition coefficient (Wildman–Crippen LogP) is 20.6. The topological polar surface area (TPSA) is 237 Å². The van der Waals surface area contributed by atoms with Crippen molar-refractivity contribution in [1.29, 1.82) is 0 Å². The molecule has 5 atom stereocenters. The summed E-state index contributed by atoms with van der Waals surface area (Å²) in [5.41, 5.74) is 0. The highest BCUT2D eigenvalue weighted by Gasteiger charge is 2.30. The summed E-state index contributed by atoms with van der Waals surface area (Å²) in [5, 5.41) is 10.6. The number of phosphoric acid groups is 2. The fourth-order valence-electron chi connectivity index (χ4n) is 10.5. The van der Waals surface area contributed by atoms with Gasteiger partial charge in [0, 0.05) is 25.7 Å². The van der Waals surface area contributed by atoms with E-state index in [1.807, 2.05) is 0 Å². The number of phosphoric ester groups is 2. The van der Waals surface area contributed by atoms with Crippen molar-refractivity contribution in [2.45, 2.75) is 373 Å². The molecule has 0 aliphatic rings. The van der Waals surface area contributed by atoms with Gasteiger partial charge in [-0.05, 0) is 51.4 Å². The number of carbonyl (C=O) groups excluding carboxylic acids is 4. The molecule has 0 rings (SSSR count). The third kappa shape index (κ3) is 66.0. The molecule has 0 saturated heterocycles. The minimum Gasteiger partial charge on any atom is -0.462 e. The van der Waals surface area contributed by atoms with Crippen LogP contribution in [0.3, 0.4) is 0 Å². The van der Waals surface area contributed by atoms with Gasteiger partial charge < -0.3 is 33.8 Å². The second kappa shape index (κ2) is 66.2. The zero-order valence-corrected chi connectivity index (χ0v) is 60.1. The summed E-state index contributed by atoms with van der Waals surface area (Å²) in [6.07, 6.45) is 57.6. The Morgan fingerprint density at radius 1 is 0.308 bits per heavy atom. The molecule has 0 heterocycles. The van der Waals surface area contributed by atoms with E-state index in [2.05, 4.69) is 52.0 Å². The van der Waals surface area contributed by atoms with Crippen LogP contribution >= 0.6 is 15.6 Å². The van der Waals surface area contributed by atoms with Gasteiger partial charge in [0.25, 0.3) is 0 Å². The molecule has 0 fully saturated rings. The van der Waals surface area contributed by atoms with Gasteiger partial charge in [0.1, 0.15) is 19.3 Å². The summed E-state index contributed by atoms with van der Waals surface area (Å²) < 4.78 is 68.3. The van der Waals surface area contributed by atoms with Crippen molar-refractivity contribution in [3.63, 3.8) is 0 Å². The number of aliphatic hydroxyl groups is 1. The molecule has 0 aromatic heterocycles. The highest BCUT2D eigenvalue weighted by molar-refractivity contribution is 7.47. The monoisotopic (exact) mass is 1330 g/mol. The maximum atomic E-state index is 13.0. The zero-order valence-electron chi connectivity index (χ0n) is 58.3. The van der Waals surface area contributed by atoms with Crippen molar-refractivity contribution in [2.24, 2.45) is 0 Å². The quantitative estimate of drug-likeness (QED) is 0.0169. The first kappa shape index (κ1) is 88.5. The molecule has 0 aliphatic carbocycles. The van der Waals surface area contributed by atoms with Crippen molar-refractivity contribution < 1.29 is 80.2 Å². The van der Waals surface area contributed by atoms with Crippen LogP contribution in [0.25, 0.3) is 0 Å². The third-order valence-electron chi connectivity index (χ3n) is 16.2. The molecule has 0 bridgehead atoms. The average molecular weight is 1340 g/mol. The Morgan fingerprint density at radius 3 is 0.802 bits per heavy atom. The van der Waals surface area contributed by atoms with E-state index in [1.54, 1.807) is 0 Å². The third-order valence-corrected chi connectivity index (χ3v) is 18.1. The maximum absolute atomic E-state index is 13.0. The van der Waals surface area contributed by atoms with Crippen LogP contribution in [0.1, 0.15) is 355 Å². The Hall–Kier alpha value is -2.46. The van der Waals surface area contributed by atoms with Crippen molar-refractivity contribution in [1.82, 2.24) is 0 Å². The normalized spacial score (nSPS) is 14.1. The Balaban J connectivity index is 5.25. The molecular formula is C72H136O17P2. The largest absolute Gasteiger partial charge is 0.472 e. The molecule has 19 heteroatoms. The second-order valence-electron chi connectivity index (χ2n) is 25.3. The van der Waals surface area contributed by atoms with Gasteiger partial charge in [-0.15, -0.1) is 0 Å². The Kier molecular flexibility index (Phi) is 64.4. The van der Waals surface area contributed by atoms with Crippen LogP contribution in [0.2, 0.25) is 0 Å². The molecule has 0 aliphatic heterocycles. The first-order valence-corrected chi connectivity index (χ1v) is 40.1. The van der Waals surface area contributed by atoms with E-state index >= 15 is 0 Å². The number of esters is 4. The molecule has 91 heavy (non-hydrogen) atoms. The number of hydrogen-bond acceptors (Lipinski definition) is 15. The summed E-state index contributed by atoms with van der Waals surface area (Å²) >= 11 is 0. The van der Waals surface area contributed by atoms with Crippen molar-refractivity contribution >= 4 is 39.5 Å². The van der Waals surface area contributed by atoms with Crippen LogP contribution in [0.15, 0.2) is 24.3 Å². The summed E-state index contributed by atoms with van der Waals surface area (Å²) in [6.45, 7) is 4.87. The molecule has 536 valence electrons. The fourth-order valence-corrected chi connectivity index (χ4v) is 12.1. The van der Waals surface area contributed by atoms with Gasteiger partial charge in [-0.25, -0.2) is 9.13 Å². The number of rotatable bonds is 71. The van der Waals surface area contributed by atoms with Crippen LogP contribution < -0.4 is 0 Å². The van der Waals surface area contributed by atoms with Crippen LogP contribution in [0, 0.1) is 0 Å². The minimum absolute atomic E-state index is 0.102. The molecule has 0 amide bonds. The Labute approximate surface area is 554 Å². The van der Waals surface area contributed by atoms with E-state index in [9.17, 15) is 43.2 Å². The molecular weight excluding hydrogens is 1200 g/mol. The van der Waals surface area contributed by atoms with Crippen LogP contribution in [0.5, 0.6) is 0 Å². The Bertz CT molecular complexity index is 1830. The summed E-state index contributed by atoms with van der Waals surface area (Å²) in [4.78, 5) is 72.5.